The first-order valence-electron chi connectivity index (χ1n) is 7.91. The molecular weight excluding hydrogens is 267 g/mol. The van der Waals surface area contributed by atoms with Gasteiger partial charge in [-0.05, 0) is 38.3 Å². The highest BCUT2D eigenvalue weighted by Gasteiger charge is 2.27. The van der Waals surface area contributed by atoms with Gasteiger partial charge >= 0.3 is 0 Å². The predicted octanol–water partition coefficient (Wildman–Crippen LogP) is 2.96. The molecule has 0 amide bonds. The van der Waals surface area contributed by atoms with E-state index in [1.54, 1.807) is 6.07 Å². The van der Waals surface area contributed by atoms with E-state index in [0.29, 0.717) is 11.5 Å². The second-order valence-electron chi connectivity index (χ2n) is 6.03. The van der Waals surface area contributed by atoms with Crippen molar-refractivity contribution >= 4 is 0 Å². The van der Waals surface area contributed by atoms with Gasteiger partial charge in [-0.3, -0.25) is 4.90 Å². The van der Waals surface area contributed by atoms with Gasteiger partial charge in [0.1, 0.15) is 5.82 Å². The fourth-order valence-corrected chi connectivity index (χ4v) is 3.18. The van der Waals surface area contributed by atoms with E-state index in [9.17, 15) is 4.39 Å². The van der Waals surface area contributed by atoms with E-state index in [1.807, 2.05) is 12.1 Å². The molecule has 0 saturated carbocycles. The normalized spacial score (nSPS) is 19.7. The Kier molecular flexibility index (Phi) is 6.15. The molecule has 1 aliphatic heterocycles. The number of hydrogen-bond acceptors (Lipinski definition) is 3. The molecule has 21 heavy (non-hydrogen) atoms. The topological polar surface area (TPSA) is 38.5 Å². The fraction of sp³-hybridized carbons (Fsp3) is 0.647. The summed E-state index contributed by atoms with van der Waals surface area (Å²) in [6, 6.07) is 6.86. The van der Waals surface area contributed by atoms with Crippen molar-refractivity contribution in [2.45, 2.75) is 38.3 Å². The second-order valence-corrected chi connectivity index (χ2v) is 6.03. The van der Waals surface area contributed by atoms with E-state index in [1.165, 1.54) is 6.07 Å². The van der Waals surface area contributed by atoms with Gasteiger partial charge in [0.2, 0.25) is 0 Å². The van der Waals surface area contributed by atoms with Crippen LogP contribution in [0.1, 0.15) is 37.8 Å². The Morgan fingerprint density at radius 1 is 1.33 bits per heavy atom. The van der Waals surface area contributed by atoms with Gasteiger partial charge in [0.05, 0.1) is 6.04 Å². The minimum atomic E-state index is -0.162. The zero-order chi connectivity index (χ0) is 15.2. The summed E-state index contributed by atoms with van der Waals surface area (Å²) in [7, 11) is 2.06. The van der Waals surface area contributed by atoms with Crippen molar-refractivity contribution in [2.75, 3.05) is 26.8 Å². The Hall–Kier alpha value is -0.970. The summed E-state index contributed by atoms with van der Waals surface area (Å²) in [6.07, 6.45) is 2.99. The molecule has 2 N–H and O–H groups in total. The average molecular weight is 294 g/mol. The van der Waals surface area contributed by atoms with Crippen molar-refractivity contribution in [1.82, 2.24) is 4.90 Å². The van der Waals surface area contributed by atoms with Crippen molar-refractivity contribution in [1.29, 1.82) is 0 Å². The van der Waals surface area contributed by atoms with Crippen LogP contribution in [-0.4, -0.2) is 37.7 Å². The maximum Gasteiger partial charge on any atom is 0.128 e. The van der Waals surface area contributed by atoms with Gasteiger partial charge in [0.15, 0.2) is 0 Å². The third kappa shape index (κ3) is 4.25. The van der Waals surface area contributed by atoms with Crippen LogP contribution >= 0.6 is 0 Å². The number of halogens is 1. The molecule has 0 spiro atoms. The molecule has 0 aromatic heterocycles. The van der Waals surface area contributed by atoms with Crippen LogP contribution in [0.3, 0.4) is 0 Å². The number of nitrogens with zero attached hydrogens (tertiary/aromatic N) is 1. The number of rotatable bonds is 6. The van der Waals surface area contributed by atoms with E-state index < -0.39 is 0 Å². The lowest BCUT2D eigenvalue weighted by molar-refractivity contribution is 0.0478. The molecule has 0 radical (unpaired) electrons. The van der Waals surface area contributed by atoms with E-state index in [0.717, 1.165) is 39.0 Å². The maximum atomic E-state index is 14.2. The highest BCUT2D eigenvalue weighted by molar-refractivity contribution is 5.22. The first-order valence-corrected chi connectivity index (χ1v) is 7.91. The number of hydrogen-bond donors (Lipinski definition) is 1. The summed E-state index contributed by atoms with van der Waals surface area (Å²) in [5.74, 6) is 0.451. The molecule has 0 bridgehead atoms. The van der Waals surface area contributed by atoms with Crippen LogP contribution in [0, 0.1) is 11.7 Å². The van der Waals surface area contributed by atoms with Crippen molar-refractivity contribution in [3.63, 3.8) is 0 Å². The largest absolute Gasteiger partial charge is 0.381 e. The third-order valence-corrected chi connectivity index (χ3v) is 4.46. The van der Waals surface area contributed by atoms with Gasteiger partial charge in [0.25, 0.3) is 0 Å². The van der Waals surface area contributed by atoms with Crippen LogP contribution in [-0.2, 0) is 4.74 Å². The monoisotopic (exact) mass is 294 g/mol. The van der Waals surface area contributed by atoms with Crippen LogP contribution in [0.15, 0.2) is 24.3 Å². The van der Waals surface area contributed by atoms with Gasteiger partial charge in [-0.1, -0.05) is 25.1 Å². The molecule has 2 atom stereocenters. The lowest BCUT2D eigenvalue weighted by Crippen LogP contribution is -2.42. The SMILES string of the molecule is CCC(N)C(c1ccccc1F)N(C)CC1CCOCC1. The highest BCUT2D eigenvalue weighted by atomic mass is 19.1. The van der Waals surface area contributed by atoms with Crippen LogP contribution in [0.2, 0.25) is 0 Å². The minimum Gasteiger partial charge on any atom is -0.381 e. The Morgan fingerprint density at radius 3 is 2.62 bits per heavy atom. The summed E-state index contributed by atoms with van der Waals surface area (Å²) in [5, 5.41) is 0. The van der Waals surface area contributed by atoms with E-state index in [2.05, 4.69) is 18.9 Å². The molecule has 2 unspecified atom stereocenters. The van der Waals surface area contributed by atoms with E-state index >= 15 is 0 Å². The smallest absolute Gasteiger partial charge is 0.128 e. The van der Waals surface area contributed by atoms with E-state index in [-0.39, 0.29) is 17.9 Å². The zero-order valence-electron chi connectivity index (χ0n) is 13.1. The first kappa shape index (κ1) is 16.4. The van der Waals surface area contributed by atoms with Crippen LogP contribution < -0.4 is 5.73 Å². The predicted molar refractivity (Wildman–Crippen MR) is 83.6 cm³/mol. The van der Waals surface area contributed by atoms with Crippen molar-refractivity contribution in [3.05, 3.63) is 35.6 Å². The lowest BCUT2D eigenvalue weighted by Gasteiger charge is -2.36. The first-order chi connectivity index (χ1) is 10.1. The Labute approximate surface area is 127 Å². The van der Waals surface area contributed by atoms with Crippen molar-refractivity contribution in [2.24, 2.45) is 11.7 Å². The molecule has 118 valence electrons. The number of likely N-dealkylation sites (N-methyl/N-ethyl adjacent to an activating group) is 1. The maximum absolute atomic E-state index is 14.2. The Balaban J connectivity index is 2.13. The summed E-state index contributed by atoms with van der Waals surface area (Å²) in [4.78, 5) is 2.22. The molecule has 4 heteroatoms. The summed E-state index contributed by atoms with van der Waals surface area (Å²) < 4.78 is 19.6. The average Bonchev–Trinajstić information content (AvgIpc) is 2.50. The van der Waals surface area contributed by atoms with Gasteiger partial charge in [-0.15, -0.1) is 0 Å². The molecular formula is C17H27FN2O. The molecule has 3 nitrogen and oxygen atoms in total. The second kappa shape index (κ2) is 7.87. The van der Waals surface area contributed by atoms with E-state index in [4.69, 9.17) is 10.5 Å². The zero-order valence-corrected chi connectivity index (χ0v) is 13.1. The van der Waals surface area contributed by atoms with Gasteiger partial charge < -0.3 is 10.5 Å². The number of ether oxygens (including phenoxy) is 1. The van der Waals surface area contributed by atoms with Crippen LogP contribution in [0.25, 0.3) is 0 Å². The molecule has 1 aromatic rings. The summed E-state index contributed by atoms with van der Waals surface area (Å²) >= 11 is 0. The molecule has 1 aliphatic rings. The standard InChI is InChI=1S/C17H27FN2O/c1-3-16(19)17(14-6-4-5-7-15(14)18)20(2)12-13-8-10-21-11-9-13/h4-7,13,16-17H,3,8-12,19H2,1-2H3. The molecule has 0 aliphatic carbocycles. The Bertz CT molecular complexity index is 435. The van der Waals surface area contributed by atoms with Gasteiger partial charge in [-0.25, -0.2) is 4.39 Å². The number of benzene rings is 1. The molecule has 1 aromatic carbocycles. The van der Waals surface area contributed by atoms with Gasteiger partial charge in [-0.2, -0.15) is 0 Å². The molecule has 2 rings (SSSR count). The van der Waals surface area contributed by atoms with Crippen LogP contribution in [0.5, 0.6) is 0 Å². The quantitative estimate of drug-likeness (QED) is 0.876. The molecule has 1 heterocycles. The highest BCUT2D eigenvalue weighted by Crippen LogP contribution is 2.28. The fourth-order valence-electron chi connectivity index (χ4n) is 3.18. The number of nitrogens with two attached hydrogens (primary N) is 1. The van der Waals surface area contributed by atoms with Crippen molar-refractivity contribution in [3.8, 4) is 0 Å². The van der Waals surface area contributed by atoms with Crippen LogP contribution in [0.4, 0.5) is 4.39 Å². The minimum absolute atomic E-state index is 0.0632. The summed E-state index contributed by atoms with van der Waals surface area (Å²) in [5.41, 5.74) is 7.00. The van der Waals surface area contributed by atoms with Gasteiger partial charge in [0, 0.05) is 31.4 Å². The molecule has 1 fully saturated rings. The summed E-state index contributed by atoms with van der Waals surface area (Å²) in [6.45, 7) is 4.67. The lowest BCUT2D eigenvalue weighted by atomic mass is 9.93. The third-order valence-electron chi connectivity index (χ3n) is 4.46. The Morgan fingerprint density at radius 2 is 2.00 bits per heavy atom. The molecule has 1 saturated heterocycles. The van der Waals surface area contributed by atoms with Crippen molar-refractivity contribution < 1.29 is 9.13 Å².